The third kappa shape index (κ3) is 5.21. The molecule has 0 fully saturated rings. The van der Waals surface area contributed by atoms with E-state index in [1.165, 1.54) is 23.9 Å². The molecule has 2 aromatic carbocycles. The predicted octanol–water partition coefficient (Wildman–Crippen LogP) is 2.58. The first kappa shape index (κ1) is 17.7. The maximum Gasteiger partial charge on any atom is 0.260 e. The summed E-state index contributed by atoms with van der Waals surface area (Å²) in [4.78, 5) is 13.8. The van der Waals surface area contributed by atoms with Crippen LogP contribution in [0.3, 0.4) is 0 Å². The van der Waals surface area contributed by atoms with Gasteiger partial charge in [-0.05, 0) is 36.4 Å². The Hall–Kier alpha value is -1.61. The quantitative estimate of drug-likeness (QED) is 0.602. The van der Waals surface area contributed by atoms with Crippen LogP contribution in [0, 0.1) is 5.82 Å². The van der Waals surface area contributed by atoms with Crippen molar-refractivity contribution in [1.82, 2.24) is 10.3 Å². The highest BCUT2D eigenvalue weighted by molar-refractivity contribution is 8.00. The molecule has 0 spiro atoms. The van der Waals surface area contributed by atoms with Crippen LogP contribution in [0.2, 0.25) is 5.02 Å². The lowest BCUT2D eigenvalue weighted by molar-refractivity contribution is -0.119. The number of amides is 1. The number of thioether (sulfide) groups is 1. The van der Waals surface area contributed by atoms with Gasteiger partial charge in [-0.15, -0.1) is 16.6 Å². The Morgan fingerprint density at radius 1 is 1.13 bits per heavy atom. The summed E-state index contributed by atoms with van der Waals surface area (Å²) in [5, 5.41) is 0.580. The molecule has 0 atom stereocenters. The number of hydrogen-bond donors (Lipinski definition) is 2. The van der Waals surface area contributed by atoms with E-state index in [-0.39, 0.29) is 5.75 Å². The Kier molecular flexibility index (Phi) is 6.00. The maximum atomic E-state index is 13.5. The van der Waals surface area contributed by atoms with Gasteiger partial charge in [0.1, 0.15) is 10.7 Å². The van der Waals surface area contributed by atoms with Crippen LogP contribution in [0.1, 0.15) is 0 Å². The van der Waals surface area contributed by atoms with Gasteiger partial charge < -0.3 is 0 Å². The van der Waals surface area contributed by atoms with Crippen LogP contribution in [0.4, 0.5) is 4.39 Å². The molecule has 0 radical (unpaired) electrons. The zero-order valence-corrected chi connectivity index (χ0v) is 14.0. The second kappa shape index (κ2) is 7.78. The Bertz CT molecular complexity index is 798. The summed E-state index contributed by atoms with van der Waals surface area (Å²) < 4.78 is 37.2. The van der Waals surface area contributed by atoms with E-state index in [1.54, 1.807) is 24.3 Å². The second-order valence-electron chi connectivity index (χ2n) is 4.33. The predicted molar refractivity (Wildman–Crippen MR) is 87.0 cm³/mol. The van der Waals surface area contributed by atoms with Gasteiger partial charge in [-0.25, -0.2) is 12.8 Å². The van der Waals surface area contributed by atoms with Crippen LogP contribution in [0.25, 0.3) is 0 Å². The van der Waals surface area contributed by atoms with Gasteiger partial charge in [-0.2, -0.15) is 0 Å². The number of sulfonamides is 1. The zero-order chi connectivity index (χ0) is 16.9. The fraction of sp³-hybridized carbons (Fsp3) is 0.0714. The smallest absolute Gasteiger partial charge is 0.260 e. The highest BCUT2D eigenvalue weighted by Crippen LogP contribution is 2.20. The van der Waals surface area contributed by atoms with Gasteiger partial charge in [0, 0.05) is 9.92 Å². The first-order valence-corrected chi connectivity index (χ1v) is 9.17. The fourth-order valence-corrected chi connectivity index (χ4v) is 3.32. The SMILES string of the molecule is O=C(CSc1ccc(Cl)cc1)NNS(=O)(=O)c1ccccc1F. The number of hydrogen-bond acceptors (Lipinski definition) is 4. The Labute approximate surface area is 142 Å². The van der Waals surface area contributed by atoms with Crippen molar-refractivity contribution in [3.05, 3.63) is 59.4 Å². The van der Waals surface area contributed by atoms with E-state index < -0.39 is 26.6 Å². The first-order valence-electron chi connectivity index (χ1n) is 6.32. The van der Waals surface area contributed by atoms with Gasteiger partial charge in [0.05, 0.1) is 5.75 Å². The molecule has 2 aromatic rings. The minimum atomic E-state index is -4.16. The van der Waals surface area contributed by atoms with E-state index in [0.717, 1.165) is 17.0 Å². The maximum absolute atomic E-state index is 13.5. The number of nitrogens with one attached hydrogen (secondary N) is 2. The lowest BCUT2D eigenvalue weighted by atomic mass is 10.4. The fourth-order valence-electron chi connectivity index (χ4n) is 1.56. The third-order valence-corrected chi connectivity index (χ3v) is 5.18. The summed E-state index contributed by atoms with van der Waals surface area (Å²) in [6.07, 6.45) is 0. The van der Waals surface area contributed by atoms with Crippen LogP contribution in [-0.4, -0.2) is 20.1 Å². The van der Waals surface area contributed by atoms with Gasteiger partial charge in [0.2, 0.25) is 5.91 Å². The molecule has 9 heteroatoms. The normalized spacial score (nSPS) is 11.2. The summed E-state index contributed by atoms with van der Waals surface area (Å²) in [6, 6.07) is 11.7. The van der Waals surface area contributed by atoms with E-state index in [9.17, 15) is 17.6 Å². The first-order chi connectivity index (χ1) is 10.9. The van der Waals surface area contributed by atoms with Crippen LogP contribution < -0.4 is 10.3 Å². The van der Waals surface area contributed by atoms with Crippen molar-refractivity contribution >= 4 is 39.3 Å². The topological polar surface area (TPSA) is 75.3 Å². The molecule has 2 N–H and O–H groups in total. The standard InChI is InChI=1S/C14H12ClFN2O3S2/c15-10-5-7-11(8-6-10)22-9-14(19)17-18-23(20,21)13-4-2-1-3-12(13)16/h1-8,18H,9H2,(H,17,19). The van der Waals surface area contributed by atoms with E-state index in [1.807, 2.05) is 10.3 Å². The number of carbonyl (C=O) groups is 1. The molecule has 0 aliphatic heterocycles. The average molecular weight is 375 g/mol. The average Bonchev–Trinajstić information content (AvgIpc) is 2.53. The minimum Gasteiger partial charge on any atom is -0.277 e. The lowest BCUT2D eigenvalue weighted by Crippen LogP contribution is -2.42. The molecule has 23 heavy (non-hydrogen) atoms. The van der Waals surface area contributed by atoms with Gasteiger partial charge in [0.25, 0.3) is 10.0 Å². The number of hydrazine groups is 1. The molecule has 0 bridgehead atoms. The molecular formula is C14H12ClFN2O3S2. The Morgan fingerprint density at radius 3 is 2.43 bits per heavy atom. The molecule has 0 aliphatic carbocycles. The van der Waals surface area contributed by atoms with E-state index in [4.69, 9.17) is 11.6 Å². The second-order valence-corrected chi connectivity index (χ2v) is 7.46. The summed E-state index contributed by atoms with van der Waals surface area (Å²) in [5.41, 5.74) is 2.04. The van der Waals surface area contributed by atoms with Gasteiger partial charge in [0.15, 0.2) is 0 Å². The highest BCUT2D eigenvalue weighted by Gasteiger charge is 2.19. The summed E-state index contributed by atoms with van der Waals surface area (Å²) in [5.74, 6) is -1.48. The molecule has 122 valence electrons. The van der Waals surface area contributed by atoms with Crippen molar-refractivity contribution in [1.29, 1.82) is 0 Å². The van der Waals surface area contributed by atoms with Crippen molar-refractivity contribution in [3.63, 3.8) is 0 Å². The number of rotatable bonds is 6. The summed E-state index contributed by atoms with van der Waals surface area (Å²) in [7, 11) is -4.16. The molecule has 0 aromatic heterocycles. The van der Waals surface area contributed by atoms with Crippen molar-refractivity contribution in [2.45, 2.75) is 9.79 Å². The van der Waals surface area contributed by atoms with Crippen molar-refractivity contribution < 1.29 is 17.6 Å². The summed E-state index contributed by atoms with van der Waals surface area (Å²) >= 11 is 6.96. The molecule has 0 unspecified atom stereocenters. The third-order valence-electron chi connectivity index (χ3n) is 2.63. The number of halogens is 2. The van der Waals surface area contributed by atoms with Crippen molar-refractivity contribution in [3.8, 4) is 0 Å². The molecule has 0 heterocycles. The summed E-state index contributed by atoms with van der Waals surface area (Å²) in [6.45, 7) is 0. The van der Waals surface area contributed by atoms with Crippen molar-refractivity contribution in [2.24, 2.45) is 0 Å². The van der Waals surface area contributed by atoms with Crippen LogP contribution in [0.5, 0.6) is 0 Å². The highest BCUT2D eigenvalue weighted by atomic mass is 35.5. The van der Waals surface area contributed by atoms with Crippen LogP contribution >= 0.6 is 23.4 Å². The van der Waals surface area contributed by atoms with E-state index >= 15 is 0 Å². The number of benzene rings is 2. The van der Waals surface area contributed by atoms with Crippen LogP contribution in [-0.2, 0) is 14.8 Å². The van der Waals surface area contributed by atoms with E-state index in [0.29, 0.717) is 5.02 Å². The molecule has 0 saturated carbocycles. The van der Waals surface area contributed by atoms with Crippen molar-refractivity contribution in [2.75, 3.05) is 5.75 Å². The van der Waals surface area contributed by atoms with E-state index in [2.05, 4.69) is 0 Å². The van der Waals surface area contributed by atoms with Gasteiger partial charge >= 0.3 is 0 Å². The number of carbonyl (C=O) groups excluding carboxylic acids is 1. The zero-order valence-electron chi connectivity index (χ0n) is 11.6. The molecule has 5 nitrogen and oxygen atoms in total. The van der Waals surface area contributed by atoms with Crippen LogP contribution in [0.15, 0.2) is 58.3 Å². The molecular weight excluding hydrogens is 363 g/mol. The largest absolute Gasteiger partial charge is 0.277 e. The van der Waals surface area contributed by atoms with Gasteiger partial charge in [-0.1, -0.05) is 23.7 Å². The Balaban J connectivity index is 1.89. The minimum absolute atomic E-state index is 0.0125. The monoisotopic (exact) mass is 374 g/mol. The molecule has 2 rings (SSSR count). The Morgan fingerprint density at radius 2 is 1.78 bits per heavy atom. The molecule has 1 amide bonds. The lowest BCUT2D eigenvalue weighted by Gasteiger charge is -2.09. The molecule has 0 aliphatic rings. The molecule has 0 saturated heterocycles. The van der Waals surface area contributed by atoms with Gasteiger partial charge in [-0.3, -0.25) is 10.2 Å².